The van der Waals surface area contributed by atoms with Crippen molar-refractivity contribution in [2.75, 3.05) is 19.6 Å². The van der Waals surface area contributed by atoms with Crippen LogP contribution < -0.4 is 0 Å². The molecule has 0 aliphatic carbocycles. The van der Waals surface area contributed by atoms with E-state index in [0.717, 1.165) is 11.1 Å². The van der Waals surface area contributed by atoms with Crippen molar-refractivity contribution < 1.29 is 24.2 Å². The highest BCUT2D eigenvalue weighted by Gasteiger charge is 2.40. The Kier molecular flexibility index (Phi) is 5.27. The standard InChI is InChI=1S/C19H24N2O5/c1-12-3-5-14(6-4-12)9-20-10-15(7-17(20)22)18(23)21-8-13(2)26-16(11-21)19(24)25/h3-6,13,15-16H,7-11H2,1-2H3,(H,24,25)/t13-,15?,16?/m1/s1. The Balaban J connectivity index is 1.63. The van der Waals surface area contributed by atoms with Gasteiger partial charge in [-0.05, 0) is 19.4 Å². The highest BCUT2D eigenvalue weighted by Crippen LogP contribution is 2.24. The van der Waals surface area contributed by atoms with Gasteiger partial charge in [0.25, 0.3) is 0 Å². The lowest BCUT2D eigenvalue weighted by molar-refractivity contribution is -0.167. The number of ether oxygens (including phenoxy) is 1. The van der Waals surface area contributed by atoms with Crippen LogP contribution in [0.15, 0.2) is 24.3 Å². The first-order chi connectivity index (χ1) is 12.3. The topological polar surface area (TPSA) is 87.2 Å². The summed E-state index contributed by atoms with van der Waals surface area (Å²) in [7, 11) is 0. The maximum Gasteiger partial charge on any atom is 0.334 e. The van der Waals surface area contributed by atoms with E-state index in [1.165, 1.54) is 4.90 Å². The number of hydrogen-bond acceptors (Lipinski definition) is 4. The lowest BCUT2D eigenvalue weighted by Gasteiger charge is -2.36. The molecule has 2 fully saturated rings. The van der Waals surface area contributed by atoms with Gasteiger partial charge in [0.05, 0.1) is 18.6 Å². The molecule has 2 aliphatic heterocycles. The molecule has 140 valence electrons. The molecule has 0 aromatic heterocycles. The molecule has 1 aromatic carbocycles. The van der Waals surface area contributed by atoms with Crippen LogP contribution in [0.25, 0.3) is 0 Å². The molecule has 3 atom stereocenters. The summed E-state index contributed by atoms with van der Waals surface area (Å²) in [5.41, 5.74) is 2.19. The summed E-state index contributed by atoms with van der Waals surface area (Å²) in [6.45, 7) is 4.99. The molecule has 7 heteroatoms. The Labute approximate surface area is 152 Å². The summed E-state index contributed by atoms with van der Waals surface area (Å²) in [4.78, 5) is 39.5. The number of carbonyl (C=O) groups excluding carboxylic acids is 2. The minimum atomic E-state index is -1.07. The number of carboxylic acid groups (broad SMARTS) is 1. The van der Waals surface area contributed by atoms with Gasteiger partial charge in [0, 0.05) is 26.1 Å². The van der Waals surface area contributed by atoms with Gasteiger partial charge in [-0.1, -0.05) is 29.8 Å². The van der Waals surface area contributed by atoms with Crippen LogP contribution in [-0.4, -0.2) is 64.5 Å². The molecule has 7 nitrogen and oxygen atoms in total. The van der Waals surface area contributed by atoms with E-state index >= 15 is 0 Å². The Morgan fingerprint density at radius 2 is 1.88 bits per heavy atom. The maximum absolute atomic E-state index is 12.8. The zero-order chi connectivity index (χ0) is 18.8. The SMILES string of the molecule is Cc1ccc(CN2CC(C(=O)N3CC(C(=O)O)O[C@H](C)C3)CC2=O)cc1. The highest BCUT2D eigenvalue weighted by atomic mass is 16.5. The molecule has 2 amide bonds. The molecule has 2 unspecified atom stereocenters. The minimum absolute atomic E-state index is 0.0289. The van der Waals surface area contributed by atoms with Gasteiger partial charge in [0.15, 0.2) is 6.10 Å². The second-order valence-electron chi connectivity index (χ2n) is 7.18. The first-order valence-electron chi connectivity index (χ1n) is 8.84. The second-order valence-corrected chi connectivity index (χ2v) is 7.18. The van der Waals surface area contributed by atoms with Crippen molar-refractivity contribution in [1.82, 2.24) is 9.80 Å². The molecule has 26 heavy (non-hydrogen) atoms. The molecule has 1 N–H and O–H groups in total. The van der Waals surface area contributed by atoms with E-state index in [1.54, 1.807) is 11.8 Å². The quantitative estimate of drug-likeness (QED) is 0.867. The van der Waals surface area contributed by atoms with Crippen LogP contribution in [0.3, 0.4) is 0 Å². The van der Waals surface area contributed by atoms with Gasteiger partial charge in [-0.15, -0.1) is 0 Å². The van der Waals surface area contributed by atoms with Crippen molar-refractivity contribution in [3.05, 3.63) is 35.4 Å². The van der Waals surface area contributed by atoms with E-state index in [-0.39, 0.29) is 30.9 Å². The van der Waals surface area contributed by atoms with Crippen molar-refractivity contribution in [3.8, 4) is 0 Å². The number of amides is 2. The van der Waals surface area contributed by atoms with Crippen LogP contribution in [0, 0.1) is 12.8 Å². The molecule has 0 spiro atoms. The molecular formula is C19H24N2O5. The molecular weight excluding hydrogens is 336 g/mol. The van der Waals surface area contributed by atoms with Crippen molar-refractivity contribution >= 4 is 17.8 Å². The summed E-state index contributed by atoms with van der Waals surface area (Å²) in [6.07, 6.45) is -1.17. The third-order valence-electron chi connectivity index (χ3n) is 4.91. The first-order valence-corrected chi connectivity index (χ1v) is 8.84. The molecule has 2 aliphatic rings. The fraction of sp³-hybridized carbons (Fsp3) is 0.526. The Bertz CT molecular complexity index is 702. The fourth-order valence-corrected chi connectivity index (χ4v) is 3.53. The van der Waals surface area contributed by atoms with Crippen LogP contribution in [0.1, 0.15) is 24.5 Å². The number of aliphatic carboxylic acids is 1. The number of likely N-dealkylation sites (tertiary alicyclic amines) is 1. The Morgan fingerprint density at radius 1 is 1.19 bits per heavy atom. The van der Waals surface area contributed by atoms with Gasteiger partial charge in [-0.2, -0.15) is 0 Å². The maximum atomic E-state index is 12.8. The average Bonchev–Trinajstić information content (AvgIpc) is 2.96. The third-order valence-corrected chi connectivity index (χ3v) is 4.91. The van der Waals surface area contributed by atoms with Crippen LogP contribution in [-0.2, 0) is 25.7 Å². The molecule has 0 radical (unpaired) electrons. The number of carboxylic acids is 1. The predicted molar refractivity (Wildman–Crippen MR) is 93.3 cm³/mol. The van der Waals surface area contributed by atoms with Crippen LogP contribution in [0.5, 0.6) is 0 Å². The number of nitrogens with zero attached hydrogens (tertiary/aromatic N) is 2. The van der Waals surface area contributed by atoms with Crippen LogP contribution >= 0.6 is 0 Å². The normalized spacial score (nSPS) is 26.2. The summed E-state index contributed by atoms with van der Waals surface area (Å²) in [6, 6.07) is 7.97. The largest absolute Gasteiger partial charge is 0.479 e. The zero-order valence-corrected chi connectivity index (χ0v) is 15.1. The van der Waals surface area contributed by atoms with E-state index < -0.39 is 18.0 Å². The monoisotopic (exact) mass is 360 g/mol. The summed E-state index contributed by atoms with van der Waals surface area (Å²) < 4.78 is 5.35. The van der Waals surface area contributed by atoms with Gasteiger partial charge < -0.3 is 19.6 Å². The highest BCUT2D eigenvalue weighted by molar-refractivity contribution is 5.89. The van der Waals surface area contributed by atoms with Gasteiger partial charge in [0.2, 0.25) is 11.8 Å². The summed E-state index contributed by atoms with van der Waals surface area (Å²) in [5.74, 6) is -1.70. The van der Waals surface area contributed by atoms with Gasteiger partial charge in [0.1, 0.15) is 0 Å². The van der Waals surface area contributed by atoms with Gasteiger partial charge >= 0.3 is 5.97 Å². The smallest absolute Gasteiger partial charge is 0.334 e. The number of rotatable bonds is 4. The molecule has 1 aromatic rings. The van der Waals surface area contributed by atoms with Gasteiger partial charge in [-0.25, -0.2) is 4.79 Å². The third kappa shape index (κ3) is 4.04. The first kappa shape index (κ1) is 18.4. The van der Waals surface area contributed by atoms with Crippen LogP contribution in [0.4, 0.5) is 0 Å². The van der Waals surface area contributed by atoms with Crippen molar-refractivity contribution in [3.63, 3.8) is 0 Å². The van der Waals surface area contributed by atoms with Crippen LogP contribution in [0.2, 0.25) is 0 Å². The Morgan fingerprint density at radius 3 is 2.54 bits per heavy atom. The van der Waals surface area contributed by atoms with Crippen molar-refractivity contribution in [2.45, 2.75) is 39.0 Å². The lowest BCUT2D eigenvalue weighted by atomic mass is 10.1. The van der Waals surface area contributed by atoms with Gasteiger partial charge in [-0.3, -0.25) is 9.59 Å². The molecule has 2 saturated heterocycles. The number of benzene rings is 1. The molecule has 2 heterocycles. The van der Waals surface area contributed by atoms with Crippen molar-refractivity contribution in [1.29, 1.82) is 0 Å². The Hall–Kier alpha value is -2.41. The van der Waals surface area contributed by atoms with E-state index in [4.69, 9.17) is 9.84 Å². The fourth-order valence-electron chi connectivity index (χ4n) is 3.53. The van der Waals surface area contributed by atoms with E-state index in [9.17, 15) is 14.4 Å². The number of carbonyl (C=O) groups is 3. The average molecular weight is 360 g/mol. The molecule has 0 saturated carbocycles. The number of hydrogen-bond donors (Lipinski definition) is 1. The zero-order valence-electron chi connectivity index (χ0n) is 15.1. The lowest BCUT2D eigenvalue weighted by Crippen LogP contribution is -2.53. The number of aryl methyl sites for hydroxylation is 1. The molecule has 0 bridgehead atoms. The minimum Gasteiger partial charge on any atom is -0.479 e. The van der Waals surface area contributed by atoms with Crippen molar-refractivity contribution in [2.24, 2.45) is 5.92 Å². The second kappa shape index (κ2) is 7.45. The van der Waals surface area contributed by atoms with E-state index in [1.807, 2.05) is 31.2 Å². The summed E-state index contributed by atoms with van der Waals surface area (Å²) in [5, 5.41) is 9.16. The predicted octanol–water partition coefficient (Wildman–Crippen LogP) is 1.04. The van der Waals surface area contributed by atoms with E-state index in [2.05, 4.69) is 0 Å². The molecule has 3 rings (SSSR count). The number of morpholine rings is 1. The van der Waals surface area contributed by atoms with E-state index in [0.29, 0.717) is 19.6 Å². The summed E-state index contributed by atoms with van der Waals surface area (Å²) >= 11 is 0.